The van der Waals surface area contributed by atoms with E-state index in [2.05, 4.69) is 4.98 Å². The molecule has 3 rings (SSSR count). The van der Waals surface area contributed by atoms with E-state index in [1.807, 2.05) is 19.9 Å². The third kappa shape index (κ3) is 5.59. The number of carbonyl (C=O) groups is 1. The zero-order valence-corrected chi connectivity index (χ0v) is 18.7. The van der Waals surface area contributed by atoms with Crippen LogP contribution in [0.2, 0.25) is 0 Å². The van der Waals surface area contributed by atoms with Crippen molar-refractivity contribution in [3.63, 3.8) is 0 Å². The lowest BCUT2D eigenvalue weighted by Crippen LogP contribution is -2.10. The van der Waals surface area contributed by atoms with Gasteiger partial charge < -0.3 is 9.84 Å². The number of hydrogen-bond donors (Lipinski definition) is 1. The number of alkyl halides is 3. The predicted octanol–water partition coefficient (Wildman–Crippen LogP) is 6.51. The third-order valence-electron chi connectivity index (χ3n) is 4.54. The van der Waals surface area contributed by atoms with Crippen LogP contribution in [0.3, 0.4) is 0 Å². The highest BCUT2D eigenvalue weighted by molar-refractivity contribution is 7.98. The highest BCUT2D eigenvalue weighted by atomic mass is 32.2. The van der Waals surface area contributed by atoms with Gasteiger partial charge in [0.1, 0.15) is 10.8 Å². The topological polar surface area (TPSA) is 59.4 Å². The maximum Gasteiger partial charge on any atom is 0.417 e. The maximum absolute atomic E-state index is 13.4. The van der Waals surface area contributed by atoms with Gasteiger partial charge >= 0.3 is 12.1 Å². The molecule has 3 aromatic rings. The number of carboxylic acids is 1. The molecule has 1 heterocycles. The average molecular weight is 468 g/mol. The fraction of sp³-hybridized carbons (Fsp3) is 0.273. The molecule has 0 saturated heterocycles. The van der Waals surface area contributed by atoms with Crippen LogP contribution in [-0.4, -0.2) is 22.7 Å². The Hall–Kier alpha value is -2.52. The normalized spacial score (nSPS) is 11.5. The van der Waals surface area contributed by atoms with Crippen LogP contribution in [0.4, 0.5) is 13.2 Å². The van der Waals surface area contributed by atoms with Gasteiger partial charge in [0, 0.05) is 21.1 Å². The maximum atomic E-state index is 13.4. The summed E-state index contributed by atoms with van der Waals surface area (Å²) in [4.78, 5) is 17.0. The first-order chi connectivity index (χ1) is 14.6. The average Bonchev–Trinajstić information content (AvgIpc) is 3.07. The van der Waals surface area contributed by atoms with E-state index in [1.54, 1.807) is 30.8 Å². The lowest BCUT2D eigenvalue weighted by atomic mass is 10.1. The Morgan fingerprint density at radius 2 is 1.87 bits per heavy atom. The van der Waals surface area contributed by atoms with Crippen LogP contribution in [0.1, 0.15) is 27.3 Å². The fourth-order valence-electron chi connectivity index (χ4n) is 2.95. The van der Waals surface area contributed by atoms with Gasteiger partial charge in [-0.2, -0.15) is 13.2 Å². The summed E-state index contributed by atoms with van der Waals surface area (Å²) in [7, 11) is 0. The highest BCUT2D eigenvalue weighted by Gasteiger charge is 2.34. The van der Waals surface area contributed by atoms with Crippen molar-refractivity contribution in [2.24, 2.45) is 0 Å². The van der Waals surface area contributed by atoms with E-state index >= 15 is 0 Å². The predicted molar refractivity (Wildman–Crippen MR) is 116 cm³/mol. The minimum absolute atomic E-state index is 0.0892. The monoisotopic (exact) mass is 467 g/mol. The van der Waals surface area contributed by atoms with E-state index in [-0.39, 0.29) is 5.56 Å². The molecule has 4 nitrogen and oxygen atoms in total. The summed E-state index contributed by atoms with van der Waals surface area (Å²) in [5.41, 5.74) is 1.86. The number of nitrogens with zero attached hydrogens (tertiary/aromatic N) is 1. The summed E-state index contributed by atoms with van der Waals surface area (Å²) in [6.45, 7) is 5.13. The van der Waals surface area contributed by atoms with Crippen LogP contribution in [-0.2, 0) is 16.7 Å². The summed E-state index contributed by atoms with van der Waals surface area (Å²) in [6.07, 6.45) is -4.44. The first-order valence-corrected chi connectivity index (χ1v) is 11.1. The van der Waals surface area contributed by atoms with Crippen molar-refractivity contribution < 1.29 is 27.8 Å². The Balaban J connectivity index is 1.80. The summed E-state index contributed by atoms with van der Waals surface area (Å²) in [5.74, 6) is 0.0381. The van der Waals surface area contributed by atoms with E-state index < -0.39 is 24.3 Å². The van der Waals surface area contributed by atoms with Crippen LogP contribution in [0, 0.1) is 20.8 Å². The van der Waals surface area contributed by atoms with Crippen LogP contribution in [0.15, 0.2) is 41.3 Å². The van der Waals surface area contributed by atoms with Crippen molar-refractivity contribution in [2.45, 2.75) is 37.6 Å². The number of ether oxygens (including phenoxy) is 1. The summed E-state index contributed by atoms with van der Waals surface area (Å²) < 4.78 is 45.4. The Kier molecular flexibility index (Phi) is 6.96. The Labute approximate surface area is 186 Å². The minimum atomic E-state index is -4.44. The van der Waals surface area contributed by atoms with Crippen LogP contribution in [0.25, 0.3) is 10.6 Å². The van der Waals surface area contributed by atoms with Gasteiger partial charge in [0.15, 0.2) is 6.61 Å². The molecule has 1 N–H and O–H groups in total. The van der Waals surface area contributed by atoms with Crippen molar-refractivity contribution in [3.05, 3.63) is 63.7 Å². The molecule has 31 heavy (non-hydrogen) atoms. The van der Waals surface area contributed by atoms with Gasteiger partial charge in [0.2, 0.25) is 0 Å². The second-order valence-electron chi connectivity index (χ2n) is 6.93. The van der Waals surface area contributed by atoms with Gasteiger partial charge in [0.25, 0.3) is 0 Å². The molecule has 0 atom stereocenters. The molecule has 1 aromatic heterocycles. The molecule has 9 heteroatoms. The first-order valence-electron chi connectivity index (χ1n) is 9.27. The number of carboxylic acid groups (broad SMARTS) is 1. The van der Waals surface area contributed by atoms with E-state index in [9.17, 15) is 18.0 Å². The molecule has 0 saturated carbocycles. The molecule has 0 aliphatic carbocycles. The Morgan fingerprint density at radius 1 is 1.16 bits per heavy atom. The van der Waals surface area contributed by atoms with E-state index in [0.29, 0.717) is 22.2 Å². The SMILES string of the molecule is Cc1cc(SCc2sc(-c3ccccc3C(F)(F)F)nc2C)c(C)cc1OCC(=O)O. The smallest absolute Gasteiger partial charge is 0.417 e. The van der Waals surface area contributed by atoms with Gasteiger partial charge in [-0.15, -0.1) is 23.1 Å². The number of aromatic nitrogens is 1. The number of hydrogen-bond acceptors (Lipinski definition) is 5. The molecule has 0 radical (unpaired) electrons. The van der Waals surface area contributed by atoms with Gasteiger partial charge in [0.05, 0.1) is 11.3 Å². The highest BCUT2D eigenvalue weighted by Crippen LogP contribution is 2.40. The van der Waals surface area contributed by atoms with Gasteiger partial charge in [-0.25, -0.2) is 9.78 Å². The Bertz CT molecular complexity index is 1110. The second-order valence-corrected chi connectivity index (χ2v) is 9.03. The van der Waals surface area contributed by atoms with E-state index in [1.165, 1.54) is 23.5 Å². The number of halogens is 3. The number of rotatable bonds is 7. The van der Waals surface area contributed by atoms with E-state index in [4.69, 9.17) is 9.84 Å². The van der Waals surface area contributed by atoms with Crippen molar-refractivity contribution >= 4 is 29.1 Å². The molecule has 0 unspecified atom stereocenters. The molecule has 2 aromatic carbocycles. The van der Waals surface area contributed by atoms with Crippen LogP contribution in [0.5, 0.6) is 5.75 Å². The van der Waals surface area contributed by atoms with Gasteiger partial charge in [-0.05, 0) is 50.1 Å². The zero-order valence-electron chi connectivity index (χ0n) is 17.0. The fourth-order valence-corrected chi connectivity index (χ4v) is 5.30. The number of aryl methyl sites for hydroxylation is 3. The minimum Gasteiger partial charge on any atom is -0.482 e. The number of benzene rings is 2. The zero-order chi connectivity index (χ0) is 22.8. The molecule has 0 spiro atoms. The molecule has 0 aliphatic heterocycles. The van der Waals surface area contributed by atoms with Crippen molar-refractivity contribution in [3.8, 4) is 16.3 Å². The number of thiazole rings is 1. The number of thioether (sulfide) groups is 1. The molecular weight excluding hydrogens is 447 g/mol. The number of aliphatic carboxylic acids is 1. The molecule has 164 valence electrons. The molecule has 0 aliphatic rings. The molecule has 0 fully saturated rings. The summed E-state index contributed by atoms with van der Waals surface area (Å²) >= 11 is 2.82. The molecule has 0 bridgehead atoms. The second kappa shape index (κ2) is 9.32. The standard InChI is InChI=1S/C22H20F3NO3S2/c1-12-9-18(13(2)8-17(12)29-10-20(27)28)30-11-19-14(3)26-21(31-19)15-6-4-5-7-16(15)22(23,24)25/h4-9H,10-11H2,1-3H3,(H,27,28). The summed E-state index contributed by atoms with van der Waals surface area (Å²) in [6, 6.07) is 9.19. The Morgan fingerprint density at radius 3 is 2.55 bits per heavy atom. The first kappa shape index (κ1) is 23.1. The quantitative estimate of drug-likeness (QED) is 0.402. The third-order valence-corrected chi connectivity index (χ3v) is 7.10. The molecular formula is C22H20F3NO3S2. The van der Waals surface area contributed by atoms with Gasteiger partial charge in [-0.1, -0.05) is 18.2 Å². The largest absolute Gasteiger partial charge is 0.482 e. The summed E-state index contributed by atoms with van der Waals surface area (Å²) in [5, 5.41) is 9.13. The van der Waals surface area contributed by atoms with Crippen molar-refractivity contribution in [1.82, 2.24) is 4.98 Å². The van der Waals surface area contributed by atoms with Crippen LogP contribution >= 0.6 is 23.1 Å². The van der Waals surface area contributed by atoms with Gasteiger partial charge in [-0.3, -0.25) is 0 Å². The van der Waals surface area contributed by atoms with E-state index in [0.717, 1.165) is 27.0 Å². The van der Waals surface area contributed by atoms with Crippen molar-refractivity contribution in [1.29, 1.82) is 0 Å². The van der Waals surface area contributed by atoms with Crippen LogP contribution < -0.4 is 4.74 Å². The van der Waals surface area contributed by atoms with Crippen molar-refractivity contribution in [2.75, 3.05) is 6.61 Å². The lowest BCUT2D eigenvalue weighted by molar-refractivity contribution is -0.139. The molecule has 0 amide bonds. The lowest BCUT2D eigenvalue weighted by Gasteiger charge is -2.12.